The second-order valence-corrected chi connectivity index (χ2v) is 3.57. The van der Waals surface area contributed by atoms with E-state index in [1.807, 2.05) is 12.1 Å². The number of anilines is 1. The van der Waals surface area contributed by atoms with Gasteiger partial charge in [0.2, 0.25) is 5.91 Å². The lowest BCUT2D eigenvalue weighted by molar-refractivity contribution is -0.120. The highest BCUT2D eigenvalue weighted by Gasteiger charge is 2.49. The van der Waals surface area contributed by atoms with Gasteiger partial charge < -0.3 is 11.5 Å². The first-order chi connectivity index (χ1) is 6.15. The van der Waals surface area contributed by atoms with Gasteiger partial charge in [-0.05, 0) is 30.5 Å². The number of nitrogen functional groups attached to an aromatic ring is 1. The number of hydrogen-bond acceptors (Lipinski definition) is 2. The molecule has 3 nitrogen and oxygen atoms in total. The van der Waals surface area contributed by atoms with E-state index in [0.29, 0.717) is 5.69 Å². The van der Waals surface area contributed by atoms with Gasteiger partial charge in [-0.3, -0.25) is 4.79 Å². The molecule has 0 bridgehead atoms. The highest BCUT2D eigenvalue weighted by atomic mass is 16.1. The maximum absolute atomic E-state index is 11.2. The van der Waals surface area contributed by atoms with Crippen LogP contribution in [0.25, 0.3) is 0 Å². The van der Waals surface area contributed by atoms with Gasteiger partial charge in [0.25, 0.3) is 0 Å². The third-order valence-corrected chi connectivity index (χ3v) is 2.68. The van der Waals surface area contributed by atoms with Crippen molar-refractivity contribution in [3.63, 3.8) is 0 Å². The van der Waals surface area contributed by atoms with Crippen molar-refractivity contribution in [3.05, 3.63) is 29.8 Å². The van der Waals surface area contributed by atoms with Crippen LogP contribution in [0.1, 0.15) is 18.4 Å². The monoisotopic (exact) mass is 176 g/mol. The molecule has 0 aliphatic heterocycles. The van der Waals surface area contributed by atoms with Gasteiger partial charge >= 0.3 is 0 Å². The molecule has 1 aromatic carbocycles. The lowest BCUT2D eigenvalue weighted by Crippen LogP contribution is -2.28. The van der Waals surface area contributed by atoms with E-state index < -0.39 is 0 Å². The van der Waals surface area contributed by atoms with Crippen LogP contribution in [0.4, 0.5) is 5.69 Å². The second kappa shape index (κ2) is 2.49. The van der Waals surface area contributed by atoms with Crippen molar-refractivity contribution >= 4 is 11.6 Å². The molecule has 3 heteroatoms. The van der Waals surface area contributed by atoms with Crippen LogP contribution in [-0.2, 0) is 10.2 Å². The van der Waals surface area contributed by atoms with E-state index in [-0.39, 0.29) is 11.3 Å². The number of rotatable bonds is 2. The summed E-state index contributed by atoms with van der Waals surface area (Å²) in [4.78, 5) is 11.2. The zero-order chi connectivity index (χ0) is 9.47. The van der Waals surface area contributed by atoms with Crippen LogP contribution < -0.4 is 11.5 Å². The lowest BCUT2D eigenvalue weighted by Gasteiger charge is -2.10. The quantitative estimate of drug-likeness (QED) is 0.654. The minimum atomic E-state index is -0.381. The molecule has 68 valence electrons. The fourth-order valence-corrected chi connectivity index (χ4v) is 1.60. The highest BCUT2D eigenvalue weighted by Crippen LogP contribution is 2.47. The number of carbonyl (C=O) groups is 1. The number of carbonyl (C=O) groups excluding carboxylic acids is 1. The summed E-state index contributed by atoms with van der Waals surface area (Å²) in [5, 5.41) is 0. The van der Waals surface area contributed by atoms with Crippen LogP contribution in [0.15, 0.2) is 24.3 Å². The Hall–Kier alpha value is -1.51. The predicted octanol–water partition coefficient (Wildman–Crippen LogP) is 0.786. The van der Waals surface area contributed by atoms with E-state index >= 15 is 0 Å². The van der Waals surface area contributed by atoms with Gasteiger partial charge in [0.1, 0.15) is 0 Å². The molecule has 1 aliphatic rings. The molecule has 1 aliphatic carbocycles. The first-order valence-electron chi connectivity index (χ1n) is 4.31. The largest absolute Gasteiger partial charge is 0.399 e. The summed E-state index contributed by atoms with van der Waals surface area (Å²) in [5.74, 6) is -0.225. The molecule has 1 fully saturated rings. The third kappa shape index (κ3) is 1.16. The molecule has 1 amide bonds. The van der Waals surface area contributed by atoms with Gasteiger partial charge in [-0.2, -0.15) is 0 Å². The summed E-state index contributed by atoms with van der Waals surface area (Å²) in [7, 11) is 0. The summed E-state index contributed by atoms with van der Waals surface area (Å²) >= 11 is 0. The Bertz CT molecular complexity index is 338. The van der Waals surface area contributed by atoms with Gasteiger partial charge in [0.15, 0.2) is 0 Å². The molecule has 0 atom stereocenters. The van der Waals surface area contributed by atoms with Crippen molar-refractivity contribution in [2.24, 2.45) is 5.73 Å². The minimum absolute atomic E-state index is 0.225. The van der Waals surface area contributed by atoms with Crippen LogP contribution in [0, 0.1) is 0 Å². The fraction of sp³-hybridized carbons (Fsp3) is 0.300. The molecule has 13 heavy (non-hydrogen) atoms. The van der Waals surface area contributed by atoms with Crippen molar-refractivity contribution < 1.29 is 4.79 Å². The summed E-state index contributed by atoms with van der Waals surface area (Å²) in [6.45, 7) is 0. The standard InChI is InChI=1S/C10H12N2O/c11-8-3-1-7(2-4-8)10(5-6-10)9(12)13/h1-4H,5-6,11H2,(H2,12,13). The van der Waals surface area contributed by atoms with Gasteiger partial charge in [0, 0.05) is 5.69 Å². The molecule has 0 aromatic heterocycles. The van der Waals surface area contributed by atoms with E-state index in [2.05, 4.69) is 0 Å². The van der Waals surface area contributed by atoms with Crippen LogP contribution in [0.2, 0.25) is 0 Å². The number of nitrogens with two attached hydrogens (primary N) is 2. The third-order valence-electron chi connectivity index (χ3n) is 2.68. The van der Waals surface area contributed by atoms with Crippen LogP contribution >= 0.6 is 0 Å². The van der Waals surface area contributed by atoms with Gasteiger partial charge in [-0.25, -0.2) is 0 Å². The van der Waals surface area contributed by atoms with Crippen LogP contribution in [0.3, 0.4) is 0 Å². The average Bonchev–Trinajstić information content (AvgIpc) is 2.86. The number of primary amides is 1. The molecule has 0 saturated heterocycles. The van der Waals surface area contributed by atoms with Gasteiger partial charge in [-0.1, -0.05) is 12.1 Å². The Balaban J connectivity index is 2.36. The summed E-state index contributed by atoms with van der Waals surface area (Å²) in [5.41, 5.74) is 12.2. The van der Waals surface area contributed by atoms with Crippen molar-refractivity contribution in [3.8, 4) is 0 Å². The SMILES string of the molecule is NC(=O)C1(c2ccc(N)cc2)CC1. The Labute approximate surface area is 76.7 Å². The molecule has 1 aromatic rings. The van der Waals surface area contributed by atoms with Crippen molar-refractivity contribution in [2.75, 3.05) is 5.73 Å². The maximum atomic E-state index is 11.2. The number of benzene rings is 1. The molecule has 2 rings (SSSR count). The summed E-state index contributed by atoms with van der Waals surface area (Å²) in [6, 6.07) is 7.37. The Morgan fingerprint density at radius 2 is 1.77 bits per heavy atom. The average molecular weight is 176 g/mol. The van der Waals surface area contributed by atoms with Crippen LogP contribution in [-0.4, -0.2) is 5.91 Å². The number of hydrogen-bond donors (Lipinski definition) is 2. The topological polar surface area (TPSA) is 69.1 Å². The molecular weight excluding hydrogens is 164 g/mol. The molecule has 0 unspecified atom stereocenters. The normalized spacial score (nSPS) is 18.2. The van der Waals surface area contributed by atoms with Gasteiger partial charge in [-0.15, -0.1) is 0 Å². The zero-order valence-electron chi connectivity index (χ0n) is 7.29. The first kappa shape index (κ1) is 8.10. The smallest absolute Gasteiger partial charge is 0.228 e. The van der Waals surface area contributed by atoms with E-state index in [0.717, 1.165) is 18.4 Å². The molecule has 0 heterocycles. The van der Waals surface area contributed by atoms with E-state index in [1.165, 1.54) is 0 Å². The van der Waals surface area contributed by atoms with Crippen molar-refractivity contribution in [2.45, 2.75) is 18.3 Å². The Morgan fingerprint density at radius 1 is 1.23 bits per heavy atom. The second-order valence-electron chi connectivity index (χ2n) is 3.57. The first-order valence-corrected chi connectivity index (χ1v) is 4.31. The predicted molar refractivity (Wildman–Crippen MR) is 51.0 cm³/mol. The maximum Gasteiger partial charge on any atom is 0.228 e. The summed E-state index contributed by atoms with van der Waals surface area (Å²) < 4.78 is 0. The molecular formula is C10H12N2O. The molecule has 4 N–H and O–H groups in total. The minimum Gasteiger partial charge on any atom is -0.399 e. The van der Waals surface area contributed by atoms with E-state index in [1.54, 1.807) is 12.1 Å². The lowest BCUT2D eigenvalue weighted by atomic mass is 9.95. The van der Waals surface area contributed by atoms with Gasteiger partial charge in [0.05, 0.1) is 5.41 Å². The van der Waals surface area contributed by atoms with Crippen molar-refractivity contribution in [1.29, 1.82) is 0 Å². The Morgan fingerprint density at radius 3 is 2.15 bits per heavy atom. The fourth-order valence-electron chi connectivity index (χ4n) is 1.60. The number of amides is 1. The van der Waals surface area contributed by atoms with Crippen LogP contribution in [0.5, 0.6) is 0 Å². The van der Waals surface area contributed by atoms with E-state index in [9.17, 15) is 4.79 Å². The van der Waals surface area contributed by atoms with E-state index in [4.69, 9.17) is 11.5 Å². The zero-order valence-corrected chi connectivity index (χ0v) is 7.29. The van der Waals surface area contributed by atoms with Crippen molar-refractivity contribution in [1.82, 2.24) is 0 Å². The molecule has 0 radical (unpaired) electrons. The molecule has 1 saturated carbocycles. The molecule has 0 spiro atoms. The highest BCUT2D eigenvalue weighted by molar-refractivity contribution is 5.89. The summed E-state index contributed by atoms with van der Waals surface area (Å²) in [6.07, 6.45) is 1.73. The Kier molecular flexibility index (Phi) is 1.55.